The predicted molar refractivity (Wildman–Crippen MR) is 322 cm³/mol. The largest absolute Gasteiger partial charge is 0.488 e. The van der Waals surface area contributed by atoms with Crippen LogP contribution in [0, 0.1) is 25.1 Å². The second-order valence-electron chi connectivity index (χ2n) is 23.7. The summed E-state index contributed by atoms with van der Waals surface area (Å²) in [6.07, 6.45) is -0.373. The van der Waals surface area contributed by atoms with E-state index in [0.29, 0.717) is 34.1 Å². The second-order valence-corrected chi connectivity index (χ2v) is 26.1. The molecule has 1 fully saturated rings. The van der Waals surface area contributed by atoms with E-state index in [-0.39, 0.29) is 87.1 Å². The molecule has 1 saturated heterocycles. The number of nitrogens with one attached hydrogen (secondary N) is 5. The van der Waals surface area contributed by atoms with Gasteiger partial charge in [-0.15, -0.1) is 11.3 Å². The molecule has 0 bridgehead atoms. The summed E-state index contributed by atoms with van der Waals surface area (Å²) in [6, 6.07) is 15.9. The minimum absolute atomic E-state index is 0.000390. The van der Waals surface area contributed by atoms with Crippen LogP contribution in [0.5, 0.6) is 5.75 Å². The standard InChI is InChI=1S/C62H71FN9O13PS/c1-32-23-38(10-8-12-51(75)70-55(62(4,5)6)60(80)71-29-43(73)28-47(71)57(77)66-33(2)35-13-15-37(16-14-35)54-34(3)65-31-87-54)52(63)49(24-32)85-30-42(19-22-50(64)74)67-58(78)48-27-39-11-7-9-36-17-21-45(59(79)72(48)53(36)39)69-56(76)46-26-41-25-40(18-20-44(41)68-46)61(81)86(82,83)84/h7,9,11,13-16,18,20,23-26,31,33,42-43,45,47-48,55,68,73H,8,10,12,17,19,21-22,27-30H2,1-6H3,(H2,64,74)(H,66,77)(H,67,78)(H,69,76)(H,70,75)(H2,82,83,84)/t33-,42-,43+,45-,47-,48-,55+/m0/s1. The lowest BCUT2D eigenvalue weighted by molar-refractivity contribution is -0.144. The number of amides is 7. The van der Waals surface area contributed by atoms with Crippen LogP contribution >= 0.6 is 18.9 Å². The van der Waals surface area contributed by atoms with Crippen LogP contribution in [0.1, 0.15) is 127 Å². The maximum atomic E-state index is 16.4. The molecule has 22 nitrogen and oxygen atoms in total. The quantitative estimate of drug-likeness (QED) is 0.0358. The number of aliphatic hydroxyl groups is 1. The average molecular weight is 1230 g/mol. The van der Waals surface area contributed by atoms with E-state index in [2.05, 4.69) is 31.2 Å². The molecule has 6 aromatic rings. The molecule has 0 aliphatic carbocycles. The molecule has 10 N–H and O–H groups in total. The molecule has 460 valence electrons. The lowest BCUT2D eigenvalue weighted by atomic mass is 9.85. The van der Waals surface area contributed by atoms with Crippen LogP contribution in [0.15, 0.2) is 84.4 Å². The molecule has 0 spiro atoms. The summed E-state index contributed by atoms with van der Waals surface area (Å²) in [4.78, 5) is 139. The zero-order valence-corrected chi connectivity index (χ0v) is 50.7. The Kier molecular flexibility index (Phi) is 19.0. The number of likely N-dealkylation sites (tertiary alicyclic amines) is 1. The number of halogens is 1. The number of β-amino-alcohol motifs (C(OH)–C–C–N with tert-alkyl or cyclic N) is 1. The van der Waals surface area contributed by atoms with Gasteiger partial charge < -0.3 is 56.5 Å². The maximum absolute atomic E-state index is 16.4. The molecule has 25 heteroatoms. The van der Waals surface area contributed by atoms with Crippen molar-refractivity contribution in [2.75, 3.05) is 18.1 Å². The van der Waals surface area contributed by atoms with E-state index in [4.69, 9.17) is 10.5 Å². The number of thiazole rings is 1. The summed E-state index contributed by atoms with van der Waals surface area (Å²) in [6.45, 7) is 10.4. The van der Waals surface area contributed by atoms with E-state index < -0.39 is 108 Å². The number of aromatic amines is 1. The molecule has 5 heterocycles. The smallest absolute Gasteiger partial charge is 0.396 e. The normalized spacial score (nSPS) is 18.5. The fourth-order valence-corrected chi connectivity index (χ4v) is 12.8. The van der Waals surface area contributed by atoms with E-state index in [9.17, 15) is 57.8 Å². The third kappa shape index (κ3) is 14.5. The summed E-state index contributed by atoms with van der Waals surface area (Å²) in [5.41, 5.74) is 10.9. The van der Waals surface area contributed by atoms with Gasteiger partial charge in [-0.1, -0.05) is 69.3 Å². The van der Waals surface area contributed by atoms with Crippen molar-refractivity contribution in [3.05, 3.63) is 135 Å². The Morgan fingerprint density at radius 2 is 1.66 bits per heavy atom. The predicted octanol–water partition coefficient (Wildman–Crippen LogP) is 5.89. The molecule has 0 saturated carbocycles. The average Bonchev–Trinajstić information content (AvgIpc) is 1.71. The van der Waals surface area contributed by atoms with Gasteiger partial charge in [0, 0.05) is 48.7 Å². The van der Waals surface area contributed by atoms with Crippen molar-refractivity contribution in [1.82, 2.24) is 36.1 Å². The number of fused-ring (bicyclic) bond motifs is 1. The molecule has 7 amide bonds. The number of para-hydroxylation sites is 1. The number of carbonyl (C=O) groups excluding carboxylic acids is 8. The topological polar surface area (TPSA) is 333 Å². The van der Waals surface area contributed by atoms with Gasteiger partial charge in [-0.2, -0.15) is 0 Å². The Morgan fingerprint density at radius 3 is 2.34 bits per heavy atom. The first-order valence-corrected chi connectivity index (χ1v) is 31.2. The summed E-state index contributed by atoms with van der Waals surface area (Å²) < 4.78 is 34.1. The van der Waals surface area contributed by atoms with Crippen molar-refractivity contribution in [3.63, 3.8) is 0 Å². The Balaban J connectivity index is 0.814. The van der Waals surface area contributed by atoms with Crippen molar-refractivity contribution in [2.24, 2.45) is 11.1 Å². The van der Waals surface area contributed by atoms with Crippen LogP contribution in [-0.4, -0.2) is 126 Å². The van der Waals surface area contributed by atoms with Crippen LogP contribution < -0.4 is 36.6 Å². The zero-order valence-electron chi connectivity index (χ0n) is 49.0. The molecule has 0 radical (unpaired) electrons. The molecule has 9 rings (SSSR count). The van der Waals surface area contributed by atoms with Gasteiger partial charge in [-0.05, 0) is 122 Å². The fourth-order valence-electron chi connectivity index (χ4n) is 11.6. The second kappa shape index (κ2) is 26.1. The number of aromatic nitrogens is 2. The number of ether oxygens (including phenoxy) is 1. The van der Waals surface area contributed by atoms with E-state index in [1.165, 1.54) is 51.5 Å². The van der Waals surface area contributed by atoms with Gasteiger partial charge in [0.2, 0.25) is 35.4 Å². The molecular formula is C62H71FN9O13PS. The number of aliphatic hydroxyl groups excluding tert-OH is 1. The van der Waals surface area contributed by atoms with Crippen molar-refractivity contribution < 1.29 is 66.9 Å². The van der Waals surface area contributed by atoms with Gasteiger partial charge in [0.1, 0.15) is 36.5 Å². The molecule has 4 aromatic carbocycles. The SMILES string of the molecule is Cc1cc(CCCC(=O)N[C@H](C(=O)N2C[C@H](O)C[C@H]2C(=O)N[C@@H](C)c2ccc(-c3scnc3C)cc2)C(C)(C)C)c(F)c(OC[C@H](CCC(N)=O)NC(=O)[C@@H]2Cc3cccc4c3N2C(=O)[C@@H](NC(=O)c2cc3cc(C(=O)P(=O)(O)O)ccc3[nH]2)CC4)c1. The highest BCUT2D eigenvalue weighted by molar-refractivity contribution is 7.70. The highest BCUT2D eigenvalue weighted by Crippen LogP contribution is 2.41. The molecule has 87 heavy (non-hydrogen) atoms. The zero-order chi connectivity index (χ0) is 62.8. The van der Waals surface area contributed by atoms with Crippen LogP contribution in [0.3, 0.4) is 0 Å². The number of nitrogens with two attached hydrogens (primary N) is 1. The van der Waals surface area contributed by atoms with Crippen LogP contribution in [0.2, 0.25) is 0 Å². The lowest BCUT2D eigenvalue weighted by Gasteiger charge is -2.35. The lowest BCUT2D eigenvalue weighted by Crippen LogP contribution is -2.57. The third-order valence-electron chi connectivity index (χ3n) is 16.1. The van der Waals surface area contributed by atoms with Gasteiger partial charge in [0.25, 0.3) is 11.4 Å². The highest BCUT2D eigenvalue weighted by atomic mass is 32.1. The number of H-pyrrole nitrogens is 1. The summed E-state index contributed by atoms with van der Waals surface area (Å²) >= 11 is 1.54. The molecule has 3 aliphatic heterocycles. The van der Waals surface area contributed by atoms with Gasteiger partial charge in [-0.25, -0.2) is 9.37 Å². The number of aryl methyl sites for hydroxylation is 4. The van der Waals surface area contributed by atoms with Gasteiger partial charge in [-0.3, -0.25) is 47.8 Å². The van der Waals surface area contributed by atoms with Gasteiger partial charge in [0.05, 0.1) is 40.0 Å². The number of hydrogen-bond donors (Lipinski definition) is 9. The fraction of sp³-hybridized carbons (Fsp3) is 0.403. The Labute approximate surface area is 505 Å². The monoisotopic (exact) mass is 1230 g/mol. The maximum Gasteiger partial charge on any atom is 0.396 e. The number of rotatable bonds is 22. The molecular weight excluding hydrogens is 1160 g/mol. The van der Waals surface area contributed by atoms with Gasteiger partial charge in [0.15, 0.2) is 11.6 Å². The first-order chi connectivity index (χ1) is 41.1. The number of benzene rings is 4. The number of hydrogen-bond acceptors (Lipinski definition) is 13. The minimum Gasteiger partial charge on any atom is -0.488 e. The van der Waals surface area contributed by atoms with E-state index in [1.54, 1.807) is 45.3 Å². The number of carbonyl (C=O) groups is 8. The van der Waals surface area contributed by atoms with E-state index in [1.807, 2.05) is 50.2 Å². The van der Waals surface area contributed by atoms with Crippen molar-refractivity contribution >= 4 is 82.4 Å². The summed E-state index contributed by atoms with van der Waals surface area (Å²) in [5.74, 6) is -4.86. The van der Waals surface area contributed by atoms with Crippen molar-refractivity contribution in [1.29, 1.82) is 0 Å². The van der Waals surface area contributed by atoms with E-state index >= 15 is 4.39 Å². The number of anilines is 1. The van der Waals surface area contributed by atoms with Crippen LogP contribution in [0.25, 0.3) is 21.3 Å². The third-order valence-corrected chi connectivity index (χ3v) is 17.9. The Bertz CT molecular complexity index is 3730. The van der Waals surface area contributed by atoms with Gasteiger partial charge >= 0.3 is 7.60 Å². The number of primary amides is 1. The number of nitrogens with zero attached hydrogens (tertiary/aromatic N) is 3. The Morgan fingerprint density at radius 1 is 0.931 bits per heavy atom. The highest BCUT2D eigenvalue weighted by Gasteiger charge is 2.46. The summed E-state index contributed by atoms with van der Waals surface area (Å²) in [7, 11) is -5.08. The molecule has 3 aliphatic rings. The molecule has 2 aromatic heterocycles. The molecule has 7 atom stereocenters. The molecule has 0 unspecified atom stereocenters. The van der Waals surface area contributed by atoms with Crippen LogP contribution in [0.4, 0.5) is 10.1 Å². The summed E-state index contributed by atoms with van der Waals surface area (Å²) in [5, 5.41) is 22.6. The van der Waals surface area contributed by atoms with Crippen molar-refractivity contribution in [2.45, 2.75) is 142 Å². The van der Waals surface area contributed by atoms with Crippen molar-refractivity contribution in [3.8, 4) is 16.2 Å². The van der Waals surface area contributed by atoms with Crippen LogP contribution in [-0.2, 0) is 52.6 Å². The first kappa shape index (κ1) is 63.4. The Hall–Kier alpha value is -8.15. The first-order valence-electron chi connectivity index (χ1n) is 28.7. The van der Waals surface area contributed by atoms with E-state index in [0.717, 1.165) is 27.3 Å². The minimum atomic E-state index is -5.08.